The van der Waals surface area contributed by atoms with E-state index in [1.54, 1.807) is 11.3 Å². The first-order chi connectivity index (χ1) is 7.61. The second-order valence-corrected chi connectivity index (χ2v) is 5.43. The molecule has 1 aromatic rings. The molecule has 0 saturated heterocycles. The number of nitrogens with two attached hydrogens (primary N) is 1. The van der Waals surface area contributed by atoms with Gasteiger partial charge in [0.25, 0.3) is 0 Å². The molecule has 1 aliphatic carbocycles. The molecule has 0 amide bonds. The van der Waals surface area contributed by atoms with Crippen LogP contribution < -0.4 is 11.1 Å². The maximum absolute atomic E-state index is 5.97. The molecular formula is C11H19N3OS. The van der Waals surface area contributed by atoms with Crippen LogP contribution in [0, 0.1) is 13.8 Å². The molecule has 1 aromatic heterocycles. The van der Waals surface area contributed by atoms with E-state index in [0.717, 1.165) is 23.9 Å². The lowest BCUT2D eigenvalue weighted by molar-refractivity contribution is -0.0126. The van der Waals surface area contributed by atoms with Crippen molar-refractivity contribution >= 4 is 16.5 Å². The summed E-state index contributed by atoms with van der Waals surface area (Å²) in [5.41, 5.74) is 7.06. The quantitative estimate of drug-likeness (QED) is 0.842. The summed E-state index contributed by atoms with van der Waals surface area (Å²) >= 11 is 1.68. The number of nitrogens with zero attached hydrogens (tertiary/aromatic N) is 1. The van der Waals surface area contributed by atoms with Gasteiger partial charge in [-0.15, -0.1) is 11.3 Å². The second kappa shape index (κ2) is 4.69. The number of aryl methyl sites for hydroxylation is 2. The lowest BCUT2D eigenvalue weighted by atomic mass is 9.83. The van der Waals surface area contributed by atoms with Gasteiger partial charge in [-0.25, -0.2) is 4.98 Å². The summed E-state index contributed by atoms with van der Waals surface area (Å²) in [7, 11) is 0. The molecule has 5 heteroatoms. The summed E-state index contributed by atoms with van der Waals surface area (Å²) in [6, 6.07) is 0.394. The summed E-state index contributed by atoms with van der Waals surface area (Å²) in [5.74, 6) is 0. The molecule has 0 aromatic carbocycles. The van der Waals surface area contributed by atoms with E-state index in [-0.39, 0.29) is 18.2 Å². The van der Waals surface area contributed by atoms with Gasteiger partial charge in [0.05, 0.1) is 17.8 Å². The van der Waals surface area contributed by atoms with Gasteiger partial charge in [0.2, 0.25) is 0 Å². The zero-order valence-corrected chi connectivity index (χ0v) is 10.8. The van der Waals surface area contributed by atoms with Crippen LogP contribution in [0.3, 0.4) is 0 Å². The first kappa shape index (κ1) is 11.8. The van der Waals surface area contributed by atoms with E-state index in [9.17, 15) is 0 Å². The Labute approximate surface area is 100 Å². The van der Waals surface area contributed by atoms with Gasteiger partial charge in [-0.2, -0.15) is 0 Å². The number of rotatable bonds is 4. The number of aromatic nitrogens is 1. The highest BCUT2D eigenvalue weighted by molar-refractivity contribution is 7.15. The molecule has 0 radical (unpaired) electrons. The van der Waals surface area contributed by atoms with E-state index in [2.05, 4.69) is 17.2 Å². The molecule has 1 fully saturated rings. The SMILES string of the molecule is CCOC1CC(N)C1Nc1nc(C)c(C)s1. The maximum Gasteiger partial charge on any atom is 0.183 e. The number of hydrogen-bond donors (Lipinski definition) is 2. The molecule has 1 heterocycles. The molecular weight excluding hydrogens is 222 g/mol. The highest BCUT2D eigenvalue weighted by atomic mass is 32.1. The average molecular weight is 241 g/mol. The maximum atomic E-state index is 5.97. The molecule has 0 spiro atoms. The Balaban J connectivity index is 1.98. The minimum atomic E-state index is 0.182. The summed E-state index contributed by atoms with van der Waals surface area (Å²) in [6.45, 7) is 6.86. The van der Waals surface area contributed by atoms with Gasteiger partial charge in [-0.05, 0) is 27.2 Å². The zero-order chi connectivity index (χ0) is 11.7. The number of nitrogens with one attached hydrogen (secondary N) is 1. The van der Waals surface area contributed by atoms with Crippen molar-refractivity contribution in [2.24, 2.45) is 5.73 Å². The van der Waals surface area contributed by atoms with Crippen molar-refractivity contribution in [2.45, 2.75) is 45.4 Å². The number of ether oxygens (including phenoxy) is 1. The summed E-state index contributed by atoms with van der Waals surface area (Å²) in [4.78, 5) is 5.71. The Morgan fingerprint density at radius 2 is 2.31 bits per heavy atom. The molecule has 3 N–H and O–H groups in total. The minimum Gasteiger partial charge on any atom is -0.376 e. The fourth-order valence-corrected chi connectivity index (χ4v) is 2.77. The lowest BCUT2D eigenvalue weighted by Gasteiger charge is -2.42. The predicted octanol–water partition coefficient (Wildman–Crippen LogP) is 1.68. The fraction of sp³-hybridized carbons (Fsp3) is 0.727. The van der Waals surface area contributed by atoms with Gasteiger partial charge < -0.3 is 15.8 Å². The van der Waals surface area contributed by atoms with Gasteiger partial charge >= 0.3 is 0 Å². The lowest BCUT2D eigenvalue weighted by Crippen LogP contribution is -2.60. The molecule has 0 aliphatic heterocycles. The van der Waals surface area contributed by atoms with Crippen LogP contribution in [0.1, 0.15) is 23.9 Å². The Morgan fingerprint density at radius 1 is 1.56 bits per heavy atom. The van der Waals surface area contributed by atoms with Crippen LogP contribution in [0.25, 0.3) is 0 Å². The number of thiazole rings is 1. The van der Waals surface area contributed by atoms with E-state index in [1.807, 2.05) is 13.8 Å². The molecule has 1 saturated carbocycles. The van der Waals surface area contributed by atoms with Crippen LogP contribution in [0.5, 0.6) is 0 Å². The van der Waals surface area contributed by atoms with Crippen molar-refractivity contribution in [1.29, 1.82) is 0 Å². The summed E-state index contributed by atoms with van der Waals surface area (Å²) in [6.07, 6.45) is 1.18. The Kier molecular flexibility index (Phi) is 3.47. The first-order valence-electron chi connectivity index (χ1n) is 5.69. The molecule has 16 heavy (non-hydrogen) atoms. The van der Waals surface area contributed by atoms with Crippen LogP contribution in [-0.4, -0.2) is 29.8 Å². The van der Waals surface area contributed by atoms with Crippen molar-refractivity contribution in [3.8, 4) is 0 Å². The average Bonchev–Trinajstić information content (AvgIpc) is 2.55. The minimum absolute atomic E-state index is 0.182. The third-order valence-corrected chi connectivity index (χ3v) is 4.07. The van der Waals surface area contributed by atoms with Gasteiger partial charge in [0, 0.05) is 17.5 Å². The van der Waals surface area contributed by atoms with Crippen molar-refractivity contribution in [2.75, 3.05) is 11.9 Å². The van der Waals surface area contributed by atoms with E-state index in [0.29, 0.717) is 0 Å². The predicted molar refractivity (Wildman–Crippen MR) is 67.0 cm³/mol. The Bertz CT molecular complexity index is 345. The molecule has 4 nitrogen and oxygen atoms in total. The largest absolute Gasteiger partial charge is 0.376 e. The molecule has 3 unspecified atom stereocenters. The summed E-state index contributed by atoms with van der Waals surface area (Å²) in [5, 5.41) is 4.34. The van der Waals surface area contributed by atoms with E-state index in [1.165, 1.54) is 4.88 Å². The molecule has 3 atom stereocenters. The van der Waals surface area contributed by atoms with Crippen molar-refractivity contribution in [3.05, 3.63) is 10.6 Å². The second-order valence-electron chi connectivity index (χ2n) is 4.22. The highest BCUT2D eigenvalue weighted by Crippen LogP contribution is 2.29. The van der Waals surface area contributed by atoms with Gasteiger partial charge in [-0.3, -0.25) is 0 Å². The van der Waals surface area contributed by atoms with E-state index >= 15 is 0 Å². The molecule has 2 rings (SSSR count). The van der Waals surface area contributed by atoms with Crippen molar-refractivity contribution in [3.63, 3.8) is 0 Å². The first-order valence-corrected chi connectivity index (χ1v) is 6.51. The van der Waals surface area contributed by atoms with Crippen LogP contribution in [0.15, 0.2) is 0 Å². The highest BCUT2D eigenvalue weighted by Gasteiger charge is 2.39. The number of anilines is 1. The van der Waals surface area contributed by atoms with Gasteiger partial charge in [0.1, 0.15) is 0 Å². The summed E-state index contributed by atoms with van der Waals surface area (Å²) < 4.78 is 5.60. The van der Waals surface area contributed by atoms with Gasteiger partial charge in [-0.1, -0.05) is 0 Å². The number of hydrogen-bond acceptors (Lipinski definition) is 5. The van der Waals surface area contributed by atoms with Crippen molar-refractivity contribution < 1.29 is 4.74 Å². The normalized spacial score (nSPS) is 28.9. The standard InChI is InChI=1S/C11H19N3OS/c1-4-15-9-5-8(12)10(9)14-11-13-6(2)7(3)16-11/h8-10H,4-5,12H2,1-3H3,(H,13,14). The molecule has 0 bridgehead atoms. The van der Waals surface area contributed by atoms with Crippen LogP contribution in [0.2, 0.25) is 0 Å². The monoisotopic (exact) mass is 241 g/mol. The van der Waals surface area contributed by atoms with E-state index in [4.69, 9.17) is 10.5 Å². The third-order valence-electron chi connectivity index (χ3n) is 3.07. The Morgan fingerprint density at radius 3 is 2.81 bits per heavy atom. The van der Waals surface area contributed by atoms with Crippen LogP contribution in [-0.2, 0) is 4.74 Å². The zero-order valence-electron chi connectivity index (χ0n) is 9.99. The third kappa shape index (κ3) is 2.21. The van der Waals surface area contributed by atoms with Crippen LogP contribution >= 0.6 is 11.3 Å². The van der Waals surface area contributed by atoms with Gasteiger partial charge in [0.15, 0.2) is 5.13 Å². The molecule has 90 valence electrons. The fourth-order valence-electron chi connectivity index (χ4n) is 1.90. The Hall–Kier alpha value is -0.650. The van der Waals surface area contributed by atoms with Crippen LogP contribution in [0.4, 0.5) is 5.13 Å². The topological polar surface area (TPSA) is 60.2 Å². The molecule has 1 aliphatic rings. The van der Waals surface area contributed by atoms with Crippen molar-refractivity contribution in [1.82, 2.24) is 4.98 Å². The smallest absolute Gasteiger partial charge is 0.183 e. The van der Waals surface area contributed by atoms with E-state index < -0.39 is 0 Å².